The van der Waals surface area contributed by atoms with Gasteiger partial charge >= 0.3 is 5.97 Å². The molecule has 0 fully saturated rings. The Morgan fingerprint density at radius 1 is 1.57 bits per heavy atom. The van der Waals surface area contributed by atoms with E-state index < -0.39 is 5.97 Å². The maximum absolute atomic E-state index is 10.6. The van der Waals surface area contributed by atoms with Gasteiger partial charge in [0, 0.05) is 18.1 Å². The zero-order chi connectivity index (χ0) is 10.1. The fourth-order valence-electron chi connectivity index (χ4n) is 1.35. The highest BCUT2D eigenvalue weighted by Crippen LogP contribution is 2.12. The van der Waals surface area contributed by atoms with E-state index in [9.17, 15) is 4.79 Å². The van der Waals surface area contributed by atoms with Crippen LogP contribution in [0.3, 0.4) is 0 Å². The number of aromatic carboxylic acids is 1. The highest BCUT2D eigenvalue weighted by atomic mass is 16.4. The maximum Gasteiger partial charge on any atom is 0.356 e. The number of carboxylic acid groups (broad SMARTS) is 1. The molecule has 2 rings (SSSR count). The Morgan fingerprint density at radius 3 is 3.00 bits per heavy atom. The Hall–Kier alpha value is -1.91. The number of hydrogen-bond donors (Lipinski definition) is 1. The predicted octanol–water partition coefficient (Wildman–Crippen LogP) is 1.15. The summed E-state index contributed by atoms with van der Waals surface area (Å²) in [5, 5.41) is 17.0. The lowest BCUT2D eigenvalue weighted by Gasteiger charge is -1.98. The van der Waals surface area contributed by atoms with Crippen LogP contribution in [-0.2, 0) is 6.54 Å². The molecule has 0 saturated carbocycles. The van der Waals surface area contributed by atoms with E-state index in [1.54, 1.807) is 0 Å². The number of aryl methyl sites for hydroxylation is 1. The molecule has 14 heavy (non-hydrogen) atoms. The SMILES string of the molecule is CCn1ccc2cc(C(=O)O)nnc21. The lowest BCUT2D eigenvalue weighted by molar-refractivity contribution is 0.0689. The second kappa shape index (κ2) is 3.10. The van der Waals surface area contributed by atoms with Crippen molar-refractivity contribution in [2.45, 2.75) is 13.5 Å². The molecule has 0 bridgehead atoms. The first-order chi connectivity index (χ1) is 6.72. The third kappa shape index (κ3) is 1.22. The average Bonchev–Trinajstić information content (AvgIpc) is 2.59. The monoisotopic (exact) mass is 191 g/mol. The molecule has 0 unspecified atom stereocenters. The number of aromatic nitrogens is 3. The molecule has 2 aromatic heterocycles. The minimum absolute atomic E-state index is 0.0219. The highest BCUT2D eigenvalue weighted by Gasteiger charge is 2.08. The molecule has 0 spiro atoms. The van der Waals surface area contributed by atoms with E-state index in [0.29, 0.717) is 0 Å². The summed E-state index contributed by atoms with van der Waals surface area (Å²) in [6.45, 7) is 2.79. The number of hydrogen-bond acceptors (Lipinski definition) is 3. The standard InChI is InChI=1S/C9H9N3O2/c1-2-12-4-3-6-5-7(9(13)14)10-11-8(6)12/h3-5H,2H2,1H3,(H,13,14). The fraction of sp³-hybridized carbons (Fsp3) is 0.222. The minimum Gasteiger partial charge on any atom is -0.476 e. The fourth-order valence-corrected chi connectivity index (χ4v) is 1.35. The molecule has 0 aliphatic heterocycles. The largest absolute Gasteiger partial charge is 0.476 e. The van der Waals surface area contributed by atoms with Crippen LogP contribution < -0.4 is 0 Å². The lowest BCUT2D eigenvalue weighted by atomic mass is 10.3. The molecule has 5 nitrogen and oxygen atoms in total. The van der Waals surface area contributed by atoms with Crippen molar-refractivity contribution in [2.24, 2.45) is 0 Å². The maximum atomic E-state index is 10.6. The van der Waals surface area contributed by atoms with Gasteiger partial charge in [-0.2, -0.15) is 0 Å². The van der Waals surface area contributed by atoms with E-state index in [1.807, 2.05) is 23.8 Å². The normalized spacial score (nSPS) is 10.6. The number of nitrogens with zero attached hydrogens (tertiary/aromatic N) is 3. The van der Waals surface area contributed by atoms with E-state index in [0.717, 1.165) is 17.6 Å². The molecule has 2 heterocycles. The van der Waals surface area contributed by atoms with Crippen molar-refractivity contribution in [3.8, 4) is 0 Å². The molecule has 0 atom stereocenters. The average molecular weight is 191 g/mol. The smallest absolute Gasteiger partial charge is 0.356 e. The summed E-state index contributed by atoms with van der Waals surface area (Å²) in [5.74, 6) is -1.05. The molecule has 72 valence electrons. The van der Waals surface area contributed by atoms with E-state index >= 15 is 0 Å². The molecular weight excluding hydrogens is 182 g/mol. The molecule has 0 aliphatic carbocycles. The summed E-state index contributed by atoms with van der Waals surface area (Å²) in [6.07, 6.45) is 1.87. The van der Waals surface area contributed by atoms with Gasteiger partial charge in [-0.1, -0.05) is 0 Å². The van der Waals surface area contributed by atoms with Crippen LogP contribution in [0.2, 0.25) is 0 Å². The molecule has 1 N–H and O–H groups in total. The van der Waals surface area contributed by atoms with Crippen molar-refractivity contribution >= 4 is 17.0 Å². The van der Waals surface area contributed by atoms with E-state index in [2.05, 4.69) is 10.2 Å². The summed E-state index contributed by atoms with van der Waals surface area (Å²) in [5.41, 5.74) is 0.698. The van der Waals surface area contributed by atoms with Gasteiger partial charge in [-0.05, 0) is 19.1 Å². The molecule has 5 heteroatoms. The molecular formula is C9H9N3O2. The summed E-state index contributed by atoms with van der Waals surface area (Å²) in [4.78, 5) is 10.6. The van der Waals surface area contributed by atoms with Gasteiger partial charge in [-0.25, -0.2) is 4.79 Å². The second-order valence-electron chi connectivity index (χ2n) is 2.92. The van der Waals surface area contributed by atoms with Gasteiger partial charge in [0.2, 0.25) is 0 Å². The quantitative estimate of drug-likeness (QED) is 0.773. The number of fused-ring (bicyclic) bond motifs is 1. The van der Waals surface area contributed by atoms with Crippen LogP contribution in [0.5, 0.6) is 0 Å². The van der Waals surface area contributed by atoms with Gasteiger partial charge < -0.3 is 9.67 Å². The van der Waals surface area contributed by atoms with Crippen molar-refractivity contribution in [3.05, 3.63) is 24.0 Å². The summed E-state index contributed by atoms with van der Waals surface area (Å²) in [6, 6.07) is 3.36. The van der Waals surface area contributed by atoms with E-state index in [4.69, 9.17) is 5.11 Å². The van der Waals surface area contributed by atoms with Gasteiger partial charge in [-0.3, -0.25) is 0 Å². The van der Waals surface area contributed by atoms with E-state index in [-0.39, 0.29) is 5.69 Å². The van der Waals surface area contributed by atoms with Crippen LogP contribution in [0.25, 0.3) is 11.0 Å². The van der Waals surface area contributed by atoms with Crippen LogP contribution in [-0.4, -0.2) is 25.8 Å². The Bertz CT molecular complexity index is 490. The van der Waals surface area contributed by atoms with Gasteiger partial charge in [-0.15, -0.1) is 10.2 Å². The Kier molecular flexibility index (Phi) is 1.92. The zero-order valence-electron chi connectivity index (χ0n) is 7.64. The first-order valence-electron chi connectivity index (χ1n) is 4.28. The van der Waals surface area contributed by atoms with Gasteiger partial charge in [0.15, 0.2) is 11.3 Å². The highest BCUT2D eigenvalue weighted by molar-refractivity contribution is 5.89. The van der Waals surface area contributed by atoms with Crippen molar-refractivity contribution in [1.82, 2.24) is 14.8 Å². The second-order valence-corrected chi connectivity index (χ2v) is 2.92. The summed E-state index contributed by atoms with van der Waals surface area (Å²) in [7, 11) is 0. The lowest BCUT2D eigenvalue weighted by Crippen LogP contribution is -2.03. The first-order valence-corrected chi connectivity index (χ1v) is 4.28. The topological polar surface area (TPSA) is 68.0 Å². The van der Waals surface area contributed by atoms with Crippen LogP contribution in [0.4, 0.5) is 0 Å². The van der Waals surface area contributed by atoms with Gasteiger partial charge in [0.25, 0.3) is 0 Å². The Morgan fingerprint density at radius 2 is 2.36 bits per heavy atom. The van der Waals surface area contributed by atoms with Gasteiger partial charge in [0.05, 0.1) is 0 Å². The zero-order valence-corrected chi connectivity index (χ0v) is 7.64. The summed E-state index contributed by atoms with van der Waals surface area (Å²) < 4.78 is 1.91. The molecule has 0 aromatic carbocycles. The minimum atomic E-state index is -1.05. The van der Waals surface area contributed by atoms with Crippen LogP contribution in [0, 0.1) is 0 Å². The molecule has 0 amide bonds. The summed E-state index contributed by atoms with van der Waals surface area (Å²) >= 11 is 0. The van der Waals surface area contributed by atoms with Crippen molar-refractivity contribution in [3.63, 3.8) is 0 Å². The third-order valence-electron chi connectivity index (χ3n) is 2.07. The van der Waals surface area contributed by atoms with Crippen molar-refractivity contribution < 1.29 is 9.90 Å². The number of rotatable bonds is 2. The van der Waals surface area contributed by atoms with E-state index in [1.165, 1.54) is 6.07 Å². The van der Waals surface area contributed by atoms with Crippen LogP contribution in [0.15, 0.2) is 18.3 Å². The van der Waals surface area contributed by atoms with Crippen LogP contribution >= 0.6 is 0 Å². The molecule has 0 aliphatic rings. The molecule has 0 radical (unpaired) electrons. The first kappa shape index (κ1) is 8.68. The van der Waals surface area contributed by atoms with Crippen molar-refractivity contribution in [1.29, 1.82) is 0 Å². The number of carboxylic acids is 1. The van der Waals surface area contributed by atoms with Crippen LogP contribution in [0.1, 0.15) is 17.4 Å². The Labute approximate surface area is 80.0 Å². The predicted molar refractivity (Wildman–Crippen MR) is 50.2 cm³/mol. The molecule has 0 saturated heterocycles. The van der Waals surface area contributed by atoms with Crippen molar-refractivity contribution in [2.75, 3.05) is 0 Å². The number of carbonyl (C=O) groups is 1. The van der Waals surface area contributed by atoms with Gasteiger partial charge in [0.1, 0.15) is 0 Å². The molecule has 2 aromatic rings. The third-order valence-corrected chi connectivity index (χ3v) is 2.07. The Balaban J connectivity index is 2.63.